The number of hydrogen-bond donors (Lipinski definition) is 1. The third-order valence-electron chi connectivity index (χ3n) is 1.12. The summed E-state index contributed by atoms with van der Waals surface area (Å²) in [4.78, 5) is 9.85. The molecule has 46 valence electrons. The van der Waals surface area contributed by atoms with Gasteiger partial charge in [0.25, 0.3) is 0 Å². The number of alkyl halides is 2. The Bertz CT molecular complexity index is 134. The molecule has 0 radical (unpaired) electrons. The van der Waals surface area contributed by atoms with Crippen LogP contribution in [0.2, 0.25) is 0 Å². The van der Waals surface area contributed by atoms with Crippen molar-refractivity contribution in [2.24, 2.45) is 5.92 Å². The average molecular weight is 139 g/mol. The predicted octanol–water partition coefficient (Wildman–Crippen LogP) is 0.996. The monoisotopic (exact) mass is 138 g/mol. The second-order valence-electron chi connectivity index (χ2n) is 1.86. The van der Waals surface area contributed by atoms with Crippen LogP contribution in [-0.4, -0.2) is 16.2 Å². The van der Waals surface area contributed by atoms with E-state index in [2.05, 4.69) is 0 Å². The third kappa shape index (κ3) is 0.777. The number of carboxylic acid groups (broad SMARTS) is 1. The smallest absolute Gasteiger partial charge is 0.311 e. The van der Waals surface area contributed by atoms with Gasteiger partial charge < -0.3 is 5.11 Å². The maximum atomic E-state index is 12.1. The molecule has 8 heavy (non-hydrogen) atoms. The molecule has 0 aromatic heterocycles. The molecule has 0 unspecified atom stereocenters. The highest BCUT2D eigenvalue weighted by atomic mass is 35.5. The fraction of sp³-hybridized carbons (Fsp3) is 0.750. The van der Waals surface area contributed by atoms with Gasteiger partial charge in [0.2, 0.25) is 0 Å². The first-order valence-corrected chi connectivity index (χ1v) is 2.52. The van der Waals surface area contributed by atoms with E-state index in [0.29, 0.717) is 0 Å². The lowest BCUT2D eigenvalue weighted by Gasteiger charge is -1.87. The minimum absolute atomic E-state index is 0.0517. The lowest BCUT2D eigenvalue weighted by molar-refractivity contribution is -0.139. The van der Waals surface area contributed by atoms with Gasteiger partial charge in [-0.05, 0) is 0 Å². The second kappa shape index (κ2) is 1.35. The summed E-state index contributed by atoms with van der Waals surface area (Å²) in [6.45, 7) is 0. The van der Waals surface area contributed by atoms with Crippen molar-refractivity contribution in [1.82, 2.24) is 0 Å². The van der Waals surface area contributed by atoms with E-state index >= 15 is 0 Å². The molecule has 1 N–H and O–H groups in total. The molecule has 4 heteroatoms. The van der Waals surface area contributed by atoms with Crippen LogP contribution in [-0.2, 0) is 4.79 Å². The van der Waals surface area contributed by atoms with Gasteiger partial charge in [-0.1, -0.05) is 11.6 Å². The van der Waals surface area contributed by atoms with E-state index in [1.165, 1.54) is 0 Å². The van der Waals surface area contributed by atoms with E-state index in [9.17, 15) is 9.18 Å². The van der Waals surface area contributed by atoms with Crippen molar-refractivity contribution in [2.45, 2.75) is 11.5 Å². The van der Waals surface area contributed by atoms with Crippen LogP contribution in [0.5, 0.6) is 0 Å². The van der Waals surface area contributed by atoms with Crippen LogP contribution in [0.4, 0.5) is 4.39 Å². The predicted molar refractivity (Wildman–Crippen MR) is 25.4 cm³/mol. The first kappa shape index (κ1) is 5.82. The molecule has 1 aliphatic carbocycles. The van der Waals surface area contributed by atoms with Gasteiger partial charge >= 0.3 is 5.97 Å². The normalized spacial score (nSPS) is 44.0. The van der Waals surface area contributed by atoms with Gasteiger partial charge in [0, 0.05) is 6.42 Å². The Hall–Kier alpha value is -0.310. The topological polar surface area (TPSA) is 37.3 Å². The summed E-state index contributed by atoms with van der Waals surface area (Å²) in [7, 11) is 0. The van der Waals surface area contributed by atoms with Crippen LogP contribution in [0, 0.1) is 5.92 Å². The molecule has 1 fully saturated rings. The molecular weight excluding hydrogens is 134 g/mol. The Morgan fingerprint density at radius 1 is 2.00 bits per heavy atom. The highest BCUT2D eigenvalue weighted by Crippen LogP contribution is 2.50. The first-order chi connectivity index (χ1) is 3.54. The van der Waals surface area contributed by atoms with Crippen molar-refractivity contribution in [2.75, 3.05) is 0 Å². The second-order valence-corrected chi connectivity index (χ2v) is 2.48. The van der Waals surface area contributed by atoms with Gasteiger partial charge in [-0.25, -0.2) is 4.39 Å². The molecule has 1 saturated carbocycles. The van der Waals surface area contributed by atoms with E-state index in [0.717, 1.165) is 0 Å². The van der Waals surface area contributed by atoms with E-state index in [1.54, 1.807) is 0 Å². The van der Waals surface area contributed by atoms with E-state index in [1.807, 2.05) is 0 Å². The number of aliphatic carboxylic acids is 1. The largest absolute Gasteiger partial charge is 0.481 e. The molecule has 0 bridgehead atoms. The van der Waals surface area contributed by atoms with E-state index in [4.69, 9.17) is 16.7 Å². The van der Waals surface area contributed by atoms with Gasteiger partial charge in [0.05, 0.1) is 0 Å². The van der Waals surface area contributed by atoms with Gasteiger partial charge in [-0.3, -0.25) is 4.79 Å². The van der Waals surface area contributed by atoms with Crippen molar-refractivity contribution < 1.29 is 14.3 Å². The summed E-state index contributed by atoms with van der Waals surface area (Å²) in [6.07, 6.45) is -0.0517. The highest BCUT2D eigenvalue weighted by Gasteiger charge is 2.59. The molecule has 2 nitrogen and oxygen atoms in total. The molecule has 2 atom stereocenters. The zero-order valence-electron chi connectivity index (χ0n) is 3.90. The zero-order valence-corrected chi connectivity index (χ0v) is 4.65. The minimum atomic E-state index is -1.94. The molecule has 0 amide bonds. The summed E-state index contributed by atoms with van der Waals surface area (Å²) in [5.41, 5.74) is 0. The van der Waals surface area contributed by atoms with Crippen LogP contribution in [0.25, 0.3) is 0 Å². The summed E-state index contributed by atoms with van der Waals surface area (Å²) in [5, 5.41) is 6.13. The van der Waals surface area contributed by atoms with E-state index < -0.39 is 17.0 Å². The molecule has 1 aliphatic rings. The van der Waals surface area contributed by atoms with Crippen LogP contribution in [0.1, 0.15) is 6.42 Å². The zero-order chi connectivity index (χ0) is 6.36. The van der Waals surface area contributed by atoms with Crippen molar-refractivity contribution >= 4 is 17.6 Å². The molecule has 1 rings (SSSR count). The Labute approximate surface area is 50.3 Å². The molecule has 0 spiro atoms. The minimum Gasteiger partial charge on any atom is -0.481 e. The summed E-state index contributed by atoms with van der Waals surface area (Å²) in [5.74, 6) is -2.12. The summed E-state index contributed by atoms with van der Waals surface area (Å²) in [6, 6.07) is 0. The molecule has 0 aromatic carbocycles. The van der Waals surface area contributed by atoms with Gasteiger partial charge in [0.1, 0.15) is 5.92 Å². The molecule has 0 aromatic rings. The number of carboxylic acids is 1. The average Bonchev–Trinajstić information content (AvgIpc) is 2.13. The standard InChI is InChI=1S/C4H4ClFO2/c5-4(6)1-2(4)3(7)8/h2H,1H2,(H,7,8)/t2-,4+/m1/s1. The Kier molecular flexibility index (Phi) is 0.979. The molecule has 0 heterocycles. The maximum absolute atomic E-state index is 12.1. The number of carbonyl (C=O) groups is 1. The lowest BCUT2D eigenvalue weighted by Crippen LogP contribution is -2.03. The SMILES string of the molecule is O=C(O)[C@H]1C[C@@]1(F)Cl. The van der Waals surface area contributed by atoms with E-state index in [-0.39, 0.29) is 6.42 Å². The summed E-state index contributed by atoms with van der Waals surface area (Å²) < 4.78 is 12.1. The van der Waals surface area contributed by atoms with Crippen molar-refractivity contribution in [1.29, 1.82) is 0 Å². The van der Waals surface area contributed by atoms with Crippen LogP contribution < -0.4 is 0 Å². The summed E-state index contributed by atoms with van der Waals surface area (Å²) >= 11 is 4.95. The molecular formula is C4H4ClFO2. The molecule has 0 saturated heterocycles. The van der Waals surface area contributed by atoms with Crippen molar-refractivity contribution in [3.8, 4) is 0 Å². The first-order valence-electron chi connectivity index (χ1n) is 2.14. The molecule has 0 aliphatic heterocycles. The van der Waals surface area contributed by atoms with Crippen molar-refractivity contribution in [3.63, 3.8) is 0 Å². The van der Waals surface area contributed by atoms with Crippen molar-refractivity contribution in [3.05, 3.63) is 0 Å². The number of halogens is 2. The number of rotatable bonds is 1. The highest BCUT2D eigenvalue weighted by molar-refractivity contribution is 6.26. The van der Waals surface area contributed by atoms with Crippen LogP contribution >= 0.6 is 11.6 Å². The lowest BCUT2D eigenvalue weighted by atomic mass is 10.4. The van der Waals surface area contributed by atoms with Crippen LogP contribution in [0.15, 0.2) is 0 Å². The van der Waals surface area contributed by atoms with Gasteiger partial charge in [-0.2, -0.15) is 0 Å². The maximum Gasteiger partial charge on any atom is 0.311 e. The fourth-order valence-corrected chi connectivity index (χ4v) is 0.729. The van der Waals surface area contributed by atoms with Gasteiger partial charge in [-0.15, -0.1) is 0 Å². The van der Waals surface area contributed by atoms with Crippen LogP contribution in [0.3, 0.4) is 0 Å². The Balaban J connectivity index is 2.48. The fourth-order valence-electron chi connectivity index (χ4n) is 0.481. The number of hydrogen-bond acceptors (Lipinski definition) is 1. The Morgan fingerprint density at radius 3 is 2.38 bits per heavy atom. The Morgan fingerprint density at radius 2 is 2.38 bits per heavy atom. The van der Waals surface area contributed by atoms with Gasteiger partial charge in [0.15, 0.2) is 5.13 Å². The quantitative estimate of drug-likeness (QED) is 0.549. The third-order valence-corrected chi connectivity index (χ3v) is 1.54.